The molecule has 2 aromatic heterocycles. The van der Waals surface area contributed by atoms with Crippen LogP contribution in [0.2, 0.25) is 5.02 Å². The highest BCUT2D eigenvalue weighted by Gasteiger charge is 2.16. The van der Waals surface area contributed by atoms with Gasteiger partial charge in [-0.25, -0.2) is 9.97 Å². The van der Waals surface area contributed by atoms with E-state index in [2.05, 4.69) is 20.4 Å². The number of rotatable bonds is 5. The van der Waals surface area contributed by atoms with Crippen molar-refractivity contribution in [2.45, 2.75) is 13.0 Å². The lowest BCUT2D eigenvalue weighted by Gasteiger charge is -2.12. The molecule has 1 atom stereocenters. The molecule has 0 spiro atoms. The molecule has 8 heteroatoms. The van der Waals surface area contributed by atoms with E-state index in [-0.39, 0.29) is 24.2 Å². The Hall–Kier alpha value is -2.77. The van der Waals surface area contributed by atoms with Crippen LogP contribution in [0, 0.1) is 0 Å². The summed E-state index contributed by atoms with van der Waals surface area (Å²) in [6, 6.07) is 8.42. The Morgan fingerprint density at radius 3 is 2.62 bits per heavy atom. The van der Waals surface area contributed by atoms with Gasteiger partial charge in [0.05, 0.1) is 24.1 Å². The number of hydrogen-bond acceptors (Lipinski definition) is 5. The summed E-state index contributed by atoms with van der Waals surface area (Å²) in [4.78, 5) is 21.4. The zero-order chi connectivity index (χ0) is 18.7. The van der Waals surface area contributed by atoms with Crippen LogP contribution in [-0.2, 0) is 7.05 Å². The van der Waals surface area contributed by atoms with Gasteiger partial charge in [-0.1, -0.05) is 23.7 Å². The maximum absolute atomic E-state index is 12.5. The Labute approximate surface area is 155 Å². The number of nitrogens with one attached hydrogen (secondary N) is 1. The minimum Gasteiger partial charge on any atom is -0.394 e. The zero-order valence-electron chi connectivity index (χ0n) is 14.3. The molecule has 0 radical (unpaired) electrons. The minimum atomic E-state index is -0.380. The fraction of sp³-hybridized carbons (Fsp3) is 0.222. The van der Waals surface area contributed by atoms with Gasteiger partial charge in [-0.2, -0.15) is 5.10 Å². The number of benzene rings is 1. The van der Waals surface area contributed by atoms with Gasteiger partial charge in [0.15, 0.2) is 5.82 Å². The van der Waals surface area contributed by atoms with Crippen molar-refractivity contribution >= 4 is 17.5 Å². The maximum atomic E-state index is 12.5. The van der Waals surface area contributed by atoms with E-state index in [0.29, 0.717) is 22.1 Å². The van der Waals surface area contributed by atoms with Crippen molar-refractivity contribution in [1.82, 2.24) is 25.1 Å². The summed E-state index contributed by atoms with van der Waals surface area (Å²) in [5.41, 5.74) is 2.32. The first-order valence-corrected chi connectivity index (χ1v) is 8.40. The molecule has 2 N–H and O–H groups in total. The van der Waals surface area contributed by atoms with E-state index in [0.717, 1.165) is 5.56 Å². The first kappa shape index (κ1) is 18.0. The highest BCUT2D eigenvalue weighted by atomic mass is 35.5. The second-order valence-electron chi connectivity index (χ2n) is 5.93. The summed E-state index contributed by atoms with van der Waals surface area (Å²) in [6.07, 6.45) is 3.41. The van der Waals surface area contributed by atoms with E-state index < -0.39 is 0 Å². The zero-order valence-corrected chi connectivity index (χ0v) is 15.1. The molecule has 1 unspecified atom stereocenters. The van der Waals surface area contributed by atoms with Crippen molar-refractivity contribution in [3.63, 3.8) is 0 Å². The quantitative estimate of drug-likeness (QED) is 0.717. The molecule has 0 fully saturated rings. The number of aromatic nitrogens is 4. The molecule has 0 aliphatic heterocycles. The average Bonchev–Trinajstić information content (AvgIpc) is 3.08. The van der Waals surface area contributed by atoms with E-state index in [1.54, 1.807) is 49.2 Å². The van der Waals surface area contributed by atoms with Gasteiger partial charge in [0.25, 0.3) is 5.91 Å². The lowest BCUT2D eigenvalue weighted by Crippen LogP contribution is -2.35. The monoisotopic (exact) mass is 371 g/mol. The lowest BCUT2D eigenvalue weighted by molar-refractivity contribution is 0.0917. The SMILES string of the molecule is CC(CO)NC(=O)c1cc(-c2ccc(Cl)cc2)nc(-c2cnn(C)c2)n1. The van der Waals surface area contributed by atoms with Crippen LogP contribution in [0.4, 0.5) is 0 Å². The summed E-state index contributed by atoms with van der Waals surface area (Å²) in [5.74, 6) is 0.0154. The van der Waals surface area contributed by atoms with Crippen molar-refractivity contribution < 1.29 is 9.90 Å². The molecule has 0 bridgehead atoms. The molecule has 0 aliphatic carbocycles. The van der Waals surface area contributed by atoms with E-state index in [1.807, 2.05) is 12.1 Å². The van der Waals surface area contributed by atoms with E-state index in [4.69, 9.17) is 16.7 Å². The Morgan fingerprint density at radius 1 is 1.27 bits per heavy atom. The average molecular weight is 372 g/mol. The van der Waals surface area contributed by atoms with Crippen LogP contribution in [0.3, 0.4) is 0 Å². The van der Waals surface area contributed by atoms with Crippen LogP contribution in [-0.4, -0.2) is 43.4 Å². The van der Waals surface area contributed by atoms with Crippen LogP contribution < -0.4 is 5.32 Å². The number of nitrogens with zero attached hydrogens (tertiary/aromatic N) is 4. The molecular weight excluding hydrogens is 354 g/mol. The number of carbonyl (C=O) groups is 1. The van der Waals surface area contributed by atoms with E-state index in [9.17, 15) is 4.79 Å². The van der Waals surface area contributed by atoms with Crippen LogP contribution >= 0.6 is 11.6 Å². The van der Waals surface area contributed by atoms with Crippen LogP contribution in [0.5, 0.6) is 0 Å². The molecular formula is C18H18ClN5O2. The fourth-order valence-corrected chi connectivity index (χ4v) is 2.47. The number of aryl methyl sites for hydroxylation is 1. The standard InChI is InChI=1S/C18H18ClN5O2/c1-11(10-25)21-18(26)16-7-15(12-3-5-14(19)6-4-12)22-17(23-16)13-8-20-24(2)9-13/h3-9,11,25H,10H2,1-2H3,(H,21,26). The first-order valence-electron chi connectivity index (χ1n) is 8.02. The molecule has 7 nitrogen and oxygen atoms in total. The van der Waals surface area contributed by atoms with E-state index in [1.165, 1.54) is 0 Å². The van der Waals surface area contributed by atoms with Crippen molar-refractivity contribution in [2.75, 3.05) is 6.61 Å². The normalized spacial score (nSPS) is 12.0. The van der Waals surface area contributed by atoms with E-state index >= 15 is 0 Å². The van der Waals surface area contributed by atoms with Crippen LogP contribution in [0.25, 0.3) is 22.6 Å². The van der Waals surface area contributed by atoms with Gasteiger partial charge >= 0.3 is 0 Å². The molecule has 0 saturated heterocycles. The predicted octanol–water partition coefficient (Wildman–Crippen LogP) is 2.31. The van der Waals surface area contributed by atoms with Crippen LogP contribution in [0.1, 0.15) is 17.4 Å². The molecule has 3 rings (SSSR count). The second-order valence-corrected chi connectivity index (χ2v) is 6.37. The van der Waals surface area contributed by atoms with Gasteiger partial charge in [-0.15, -0.1) is 0 Å². The number of hydrogen-bond donors (Lipinski definition) is 2. The Bertz CT molecular complexity index is 924. The molecule has 0 aliphatic rings. The van der Waals surface area contributed by atoms with Crippen molar-refractivity contribution in [3.05, 3.63) is 53.4 Å². The largest absolute Gasteiger partial charge is 0.394 e. The van der Waals surface area contributed by atoms with Crippen molar-refractivity contribution in [2.24, 2.45) is 7.05 Å². The third-order valence-electron chi connectivity index (χ3n) is 3.71. The Kier molecular flexibility index (Phi) is 5.29. The summed E-state index contributed by atoms with van der Waals surface area (Å²) in [5, 5.41) is 16.6. The Balaban J connectivity index is 2.07. The number of aliphatic hydroxyl groups excluding tert-OH is 1. The number of amides is 1. The van der Waals surface area contributed by atoms with Crippen molar-refractivity contribution in [3.8, 4) is 22.6 Å². The molecule has 1 aromatic carbocycles. The molecule has 134 valence electrons. The van der Waals surface area contributed by atoms with Gasteiger partial charge in [-0.3, -0.25) is 9.48 Å². The Morgan fingerprint density at radius 2 is 2.00 bits per heavy atom. The first-order chi connectivity index (χ1) is 12.5. The van der Waals surface area contributed by atoms with Gasteiger partial charge in [0, 0.05) is 29.9 Å². The fourth-order valence-electron chi connectivity index (χ4n) is 2.34. The summed E-state index contributed by atoms with van der Waals surface area (Å²) >= 11 is 5.95. The smallest absolute Gasteiger partial charge is 0.270 e. The predicted molar refractivity (Wildman–Crippen MR) is 98.7 cm³/mol. The minimum absolute atomic E-state index is 0.156. The second kappa shape index (κ2) is 7.63. The molecule has 3 aromatic rings. The summed E-state index contributed by atoms with van der Waals surface area (Å²) in [6.45, 7) is 1.55. The number of halogens is 1. The lowest BCUT2D eigenvalue weighted by atomic mass is 10.1. The van der Waals surface area contributed by atoms with Gasteiger partial charge in [0.2, 0.25) is 0 Å². The number of aliphatic hydroxyl groups is 1. The highest BCUT2D eigenvalue weighted by Crippen LogP contribution is 2.23. The van der Waals surface area contributed by atoms with Gasteiger partial charge < -0.3 is 10.4 Å². The molecule has 0 saturated carbocycles. The van der Waals surface area contributed by atoms with Gasteiger partial charge in [-0.05, 0) is 25.1 Å². The topological polar surface area (TPSA) is 92.9 Å². The number of carbonyl (C=O) groups excluding carboxylic acids is 1. The molecule has 2 heterocycles. The van der Waals surface area contributed by atoms with Gasteiger partial charge in [0.1, 0.15) is 5.69 Å². The molecule has 1 amide bonds. The molecule has 26 heavy (non-hydrogen) atoms. The van der Waals surface area contributed by atoms with Crippen LogP contribution in [0.15, 0.2) is 42.7 Å². The third kappa shape index (κ3) is 4.07. The highest BCUT2D eigenvalue weighted by molar-refractivity contribution is 6.30. The summed E-state index contributed by atoms with van der Waals surface area (Å²) < 4.78 is 1.64. The summed E-state index contributed by atoms with van der Waals surface area (Å²) in [7, 11) is 1.79. The van der Waals surface area contributed by atoms with Crippen molar-refractivity contribution in [1.29, 1.82) is 0 Å². The maximum Gasteiger partial charge on any atom is 0.270 e. The third-order valence-corrected chi connectivity index (χ3v) is 3.97.